The second-order valence-corrected chi connectivity index (χ2v) is 7.34. The highest BCUT2D eigenvalue weighted by Gasteiger charge is 2.22. The number of pyridine rings is 1. The summed E-state index contributed by atoms with van der Waals surface area (Å²) in [5.41, 5.74) is 4.17. The third kappa shape index (κ3) is 4.85. The number of para-hydroxylation sites is 1. The number of ether oxygens (including phenoxy) is 1. The topological polar surface area (TPSA) is 59.5 Å². The van der Waals surface area contributed by atoms with Crippen molar-refractivity contribution in [1.82, 2.24) is 9.88 Å². The number of amides is 1. The summed E-state index contributed by atoms with van der Waals surface area (Å²) in [7, 11) is 1.71. The first kappa shape index (κ1) is 21.5. The minimum absolute atomic E-state index is 0.239. The van der Waals surface area contributed by atoms with Crippen molar-refractivity contribution >= 4 is 22.8 Å². The first-order chi connectivity index (χ1) is 14.5. The van der Waals surface area contributed by atoms with Crippen LogP contribution in [-0.2, 0) is 28.9 Å². The van der Waals surface area contributed by atoms with E-state index >= 15 is 0 Å². The third-order valence-corrected chi connectivity index (χ3v) is 5.14. The molecule has 0 atom stereocenters. The maximum absolute atomic E-state index is 13.1. The lowest BCUT2D eigenvalue weighted by atomic mass is 9.96. The van der Waals surface area contributed by atoms with Crippen LogP contribution in [-0.4, -0.2) is 35.4 Å². The maximum atomic E-state index is 13.1. The molecule has 5 heteroatoms. The van der Waals surface area contributed by atoms with Gasteiger partial charge in [-0.05, 0) is 30.0 Å². The van der Waals surface area contributed by atoms with Gasteiger partial charge in [-0.15, -0.1) is 0 Å². The van der Waals surface area contributed by atoms with E-state index in [1.54, 1.807) is 11.9 Å². The molecule has 0 aliphatic carbocycles. The Balaban J connectivity index is 1.80. The predicted molar refractivity (Wildman–Crippen MR) is 118 cm³/mol. The lowest BCUT2D eigenvalue weighted by Gasteiger charge is -2.18. The smallest absolute Gasteiger partial charge is 0.339 e. The van der Waals surface area contributed by atoms with Gasteiger partial charge in [0.1, 0.15) is 0 Å². The monoisotopic (exact) mass is 404 g/mol. The molecule has 5 nitrogen and oxygen atoms in total. The Labute approximate surface area is 177 Å². The molecule has 156 valence electrons. The van der Waals surface area contributed by atoms with E-state index in [0.29, 0.717) is 18.5 Å². The van der Waals surface area contributed by atoms with Gasteiger partial charge in [0.15, 0.2) is 6.61 Å². The molecule has 0 aliphatic rings. The van der Waals surface area contributed by atoms with Gasteiger partial charge in [-0.1, -0.05) is 68.8 Å². The van der Waals surface area contributed by atoms with Crippen molar-refractivity contribution < 1.29 is 14.3 Å². The molecular weight excluding hydrogens is 376 g/mol. The van der Waals surface area contributed by atoms with Crippen LogP contribution in [0.15, 0.2) is 54.6 Å². The number of hydrogen-bond acceptors (Lipinski definition) is 4. The highest BCUT2D eigenvalue weighted by atomic mass is 16.5. The van der Waals surface area contributed by atoms with Crippen LogP contribution >= 0.6 is 0 Å². The number of esters is 1. The number of likely N-dealkylation sites (N-methyl/N-ethyl adjacent to an activating group) is 1. The van der Waals surface area contributed by atoms with Gasteiger partial charge in [0.05, 0.1) is 11.1 Å². The van der Waals surface area contributed by atoms with Gasteiger partial charge in [0.25, 0.3) is 5.91 Å². The average Bonchev–Trinajstić information content (AvgIpc) is 2.77. The van der Waals surface area contributed by atoms with Crippen LogP contribution in [0.3, 0.4) is 0 Å². The molecule has 0 N–H and O–H groups in total. The Bertz CT molecular complexity index is 1030. The fraction of sp³-hybridized carbons (Fsp3) is 0.320. The molecule has 3 rings (SSSR count). The number of carbonyl (C=O) groups is 2. The van der Waals surface area contributed by atoms with E-state index in [0.717, 1.165) is 40.6 Å². The van der Waals surface area contributed by atoms with E-state index in [2.05, 4.69) is 6.92 Å². The molecule has 1 aromatic heterocycles. The van der Waals surface area contributed by atoms with Gasteiger partial charge in [0, 0.05) is 24.7 Å². The van der Waals surface area contributed by atoms with Crippen LogP contribution < -0.4 is 0 Å². The fourth-order valence-corrected chi connectivity index (χ4v) is 3.61. The van der Waals surface area contributed by atoms with Crippen molar-refractivity contribution in [2.75, 3.05) is 13.7 Å². The van der Waals surface area contributed by atoms with Crippen LogP contribution in [0.2, 0.25) is 0 Å². The fourth-order valence-electron chi connectivity index (χ4n) is 3.61. The van der Waals surface area contributed by atoms with Crippen LogP contribution in [0.5, 0.6) is 0 Å². The Hall–Kier alpha value is -3.21. The largest absolute Gasteiger partial charge is 0.452 e. The number of benzene rings is 2. The molecule has 0 bridgehead atoms. The Kier molecular flexibility index (Phi) is 7.17. The number of nitrogens with zero attached hydrogens (tertiary/aromatic N) is 2. The van der Waals surface area contributed by atoms with Crippen molar-refractivity contribution in [1.29, 1.82) is 0 Å². The van der Waals surface area contributed by atoms with Gasteiger partial charge >= 0.3 is 5.97 Å². The molecule has 2 aromatic carbocycles. The first-order valence-electron chi connectivity index (χ1n) is 10.4. The molecule has 0 fully saturated rings. The van der Waals surface area contributed by atoms with Crippen molar-refractivity contribution in [3.8, 4) is 0 Å². The lowest BCUT2D eigenvalue weighted by molar-refractivity contribution is -0.133. The zero-order valence-corrected chi connectivity index (χ0v) is 17.9. The van der Waals surface area contributed by atoms with Gasteiger partial charge in [0.2, 0.25) is 0 Å². The summed E-state index contributed by atoms with van der Waals surface area (Å²) in [5, 5.41) is 0.768. The third-order valence-electron chi connectivity index (χ3n) is 5.14. The molecule has 0 spiro atoms. The minimum atomic E-state index is -0.468. The molecule has 1 amide bonds. The molecule has 0 unspecified atom stereocenters. The number of fused-ring (bicyclic) bond motifs is 1. The highest BCUT2D eigenvalue weighted by Crippen LogP contribution is 2.26. The number of rotatable bonds is 8. The normalized spacial score (nSPS) is 10.8. The number of hydrogen-bond donors (Lipinski definition) is 0. The van der Waals surface area contributed by atoms with E-state index in [1.165, 1.54) is 0 Å². The van der Waals surface area contributed by atoms with Gasteiger partial charge in [-0.2, -0.15) is 0 Å². The van der Waals surface area contributed by atoms with E-state index in [4.69, 9.17) is 9.72 Å². The molecule has 0 radical (unpaired) electrons. The summed E-state index contributed by atoms with van der Waals surface area (Å²) in [5.74, 6) is -0.707. The maximum Gasteiger partial charge on any atom is 0.339 e. The molecule has 3 aromatic rings. The van der Waals surface area contributed by atoms with Crippen LogP contribution in [0.1, 0.15) is 47.4 Å². The Morgan fingerprint density at radius 3 is 2.40 bits per heavy atom. The predicted octanol–water partition coefficient (Wildman–Crippen LogP) is 4.57. The number of aryl methyl sites for hydroxylation is 1. The van der Waals surface area contributed by atoms with Crippen molar-refractivity contribution in [3.05, 3.63) is 77.0 Å². The molecule has 0 aliphatic heterocycles. The summed E-state index contributed by atoms with van der Waals surface area (Å²) >= 11 is 0. The molecule has 1 heterocycles. The van der Waals surface area contributed by atoms with E-state index in [1.807, 2.05) is 61.5 Å². The van der Waals surface area contributed by atoms with E-state index in [9.17, 15) is 9.59 Å². The first-order valence-corrected chi connectivity index (χ1v) is 10.4. The Morgan fingerprint density at radius 2 is 1.70 bits per heavy atom. The van der Waals surface area contributed by atoms with Crippen LogP contribution in [0, 0.1) is 0 Å². The minimum Gasteiger partial charge on any atom is -0.452 e. The van der Waals surface area contributed by atoms with Crippen LogP contribution in [0.4, 0.5) is 0 Å². The summed E-state index contributed by atoms with van der Waals surface area (Å²) in [4.78, 5) is 31.9. The lowest BCUT2D eigenvalue weighted by Crippen LogP contribution is -2.31. The van der Waals surface area contributed by atoms with Crippen molar-refractivity contribution in [3.63, 3.8) is 0 Å². The van der Waals surface area contributed by atoms with Crippen molar-refractivity contribution in [2.45, 2.75) is 39.7 Å². The molecule has 0 saturated heterocycles. The summed E-state index contributed by atoms with van der Waals surface area (Å²) in [6.07, 6.45) is 2.42. The highest BCUT2D eigenvalue weighted by molar-refractivity contribution is 6.05. The molecule has 0 saturated carbocycles. The number of aromatic nitrogens is 1. The summed E-state index contributed by atoms with van der Waals surface area (Å²) in [6, 6.07) is 17.3. The van der Waals surface area contributed by atoms with E-state index < -0.39 is 5.97 Å². The van der Waals surface area contributed by atoms with Crippen LogP contribution in [0.25, 0.3) is 10.9 Å². The molecular formula is C25H28N2O3. The number of carbonyl (C=O) groups excluding carboxylic acids is 2. The summed E-state index contributed by atoms with van der Waals surface area (Å²) < 4.78 is 5.47. The van der Waals surface area contributed by atoms with Gasteiger partial charge < -0.3 is 9.64 Å². The standard InChI is InChI=1S/C25H28N2O3/c1-4-11-21-19(5-2)24(20-14-9-10-15-22(20)26-21)25(29)30-17-23(28)27(3)16-18-12-7-6-8-13-18/h6-10,12-15H,4-5,11,16-17H2,1-3H3. The SMILES string of the molecule is CCCc1nc2ccccc2c(C(=O)OCC(=O)N(C)Cc2ccccc2)c1CC. The van der Waals surface area contributed by atoms with Crippen molar-refractivity contribution in [2.24, 2.45) is 0 Å². The zero-order chi connectivity index (χ0) is 21.5. The zero-order valence-electron chi connectivity index (χ0n) is 17.9. The second-order valence-electron chi connectivity index (χ2n) is 7.34. The quantitative estimate of drug-likeness (QED) is 0.516. The van der Waals surface area contributed by atoms with Gasteiger partial charge in [-0.3, -0.25) is 9.78 Å². The second kappa shape index (κ2) is 10.0. The summed E-state index contributed by atoms with van der Waals surface area (Å²) in [6.45, 7) is 4.29. The Morgan fingerprint density at radius 1 is 1.00 bits per heavy atom. The average molecular weight is 405 g/mol. The molecule has 30 heavy (non-hydrogen) atoms. The van der Waals surface area contributed by atoms with Gasteiger partial charge in [-0.25, -0.2) is 4.79 Å². The van der Waals surface area contributed by atoms with E-state index in [-0.39, 0.29) is 12.5 Å².